The van der Waals surface area contributed by atoms with Crippen LogP contribution in [0, 0.1) is 5.82 Å². The number of amides is 2. The molecule has 4 rings (SSSR count). The van der Waals surface area contributed by atoms with Crippen molar-refractivity contribution in [1.82, 2.24) is 15.5 Å². The third kappa shape index (κ3) is 5.89. The summed E-state index contributed by atoms with van der Waals surface area (Å²) in [5.41, 5.74) is 1.29. The summed E-state index contributed by atoms with van der Waals surface area (Å²) in [6.45, 7) is 2.02. The molecule has 2 N–H and O–H groups in total. The van der Waals surface area contributed by atoms with Crippen LogP contribution in [0.15, 0.2) is 70.4 Å². The normalized spacial score (nSPS) is 11.1. The fourth-order valence-corrected chi connectivity index (χ4v) is 4.82. The zero-order chi connectivity index (χ0) is 28.2. The number of hydrogen-bond acceptors (Lipinski definition) is 8. The van der Waals surface area contributed by atoms with Gasteiger partial charge in [0.25, 0.3) is 10.0 Å². The van der Waals surface area contributed by atoms with E-state index in [-0.39, 0.29) is 45.3 Å². The first-order valence-electron chi connectivity index (χ1n) is 11.4. The lowest BCUT2D eigenvalue weighted by molar-refractivity contribution is 0.250. The molecule has 0 aliphatic heterocycles. The molecule has 0 fully saturated rings. The number of nitrogens with one attached hydrogen (secondary N) is 2. The minimum atomic E-state index is -4.02. The van der Waals surface area contributed by atoms with Gasteiger partial charge in [0.15, 0.2) is 17.4 Å². The number of urea groups is 1. The van der Waals surface area contributed by atoms with Crippen LogP contribution < -0.4 is 24.4 Å². The smallest absolute Gasteiger partial charge is 0.327 e. The number of anilines is 3. The van der Waals surface area contributed by atoms with Crippen LogP contribution in [0.25, 0.3) is 11.1 Å². The van der Waals surface area contributed by atoms with E-state index in [2.05, 4.69) is 24.7 Å². The zero-order valence-electron chi connectivity index (χ0n) is 20.9. The average Bonchev–Trinajstić information content (AvgIpc) is 3.43. The predicted octanol–water partition coefficient (Wildman–Crippen LogP) is 5.21. The monoisotopic (exact) mass is 575 g/mol. The summed E-state index contributed by atoms with van der Waals surface area (Å²) in [6.07, 6.45) is 2.31. The van der Waals surface area contributed by atoms with Crippen LogP contribution in [0.1, 0.15) is 6.92 Å². The lowest BCUT2D eigenvalue weighted by Crippen LogP contribution is -2.35. The number of hydrogen-bond donors (Lipinski definition) is 2. The number of methoxy groups -OCH3 is 1. The lowest BCUT2D eigenvalue weighted by atomic mass is 10.0. The van der Waals surface area contributed by atoms with Gasteiger partial charge in [0.05, 0.1) is 24.4 Å². The first-order chi connectivity index (χ1) is 18.7. The molecule has 0 unspecified atom stereocenters. The maximum atomic E-state index is 14.1. The minimum Gasteiger partial charge on any atom is -0.495 e. The second kappa shape index (κ2) is 11.6. The van der Waals surface area contributed by atoms with Crippen LogP contribution in [0.5, 0.6) is 11.5 Å². The first-order valence-corrected chi connectivity index (χ1v) is 13.3. The Balaban J connectivity index is 1.74. The molecule has 2 aromatic carbocycles. The third-order valence-corrected chi connectivity index (χ3v) is 7.06. The van der Waals surface area contributed by atoms with Gasteiger partial charge < -0.3 is 19.3 Å². The quantitative estimate of drug-likeness (QED) is 0.277. The van der Waals surface area contributed by atoms with Crippen LogP contribution in [0.2, 0.25) is 5.02 Å². The molecule has 0 aliphatic carbocycles. The van der Waals surface area contributed by atoms with Crippen LogP contribution in [0.3, 0.4) is 0 Å². The maximum Gasteiger partial charge on any atom is 0.327 e. The third-order valence-electron chi connectivity index (χ3n) is 5.41. The largest absolute Gasteiger partial charge is 0.495 e. The van der Waals surface area contributed by atoms with E-state index >= 15 is 0 Å². The van der Waals surface area contributed by atoms with Crippen LogP contribution in [0.4, 0.5) is 26.5 Å². The number of benzene rings is 2. The molecule has 0 spiro atoms. The summed E-state index contributed by atoms with van der Waals surface area (Å²) >= 11 is 6.62. The van der Waals surface area contributed by atoms with Crippen molar-refractivity contribution in [1.29, 1.82) is 0 Å². The van der Waals surface area contributed by atoms with E-state index in [9.17, 15) is 17.6 Å². The highest BCUT2D eigenvalue weighted by molar-refractivity contribution is 7.92. The highest BCUT2D eigenvalue weighted by Gasteiger charge is 2.25. The van der Waals surface area contributed by atoms with E-state index in [1.807, 2.05) is 0 Å². The summed E-state index contributed by atoms with van der Waals surface area (Å²) in [4.78, 5) is 18.2. The van der Waals surface area contributed by atoms with Gasteiger partial charge in [-0.2, -0.15) is 0 Å². The van der Waals surface area contributed by atoms with Gasteiger partial charge >= 0.3 is 6.03 Å². The topological polar surface area (TPSA) is 136 Å². The molecular weight excluding hydrogens is 553 g/mol. The van der Waals surface area contributed by atoms with Crippen molar-refractivity contribution in [3.05, 3.63) is 71.8 Å². The summed E-state index contributed by atoms with van der Waals surface area (Å²) in [6, 6.07) is 10.8. The Bertz CT molecular complexity index is 1580. The Morgan fingerprint density at radius 2 is 1.95 bits per heavy atom. The van der Waals surface area contributed by atoms with Gasteiger partial charge in [-0.15, -0.1) is 0 Å². The summed E-state index contributed by atoms with van der Waals surface area (Å²) in [5, 5.41) is 6.27. The number of carbonyl (C=O) groups excluding carboxylic acids is 1. The van der Waals surface area contributed by atoms with Crippen molar-refractivity contribution >= 4 is 45.0 Å². The molecule has 2 amide bonds. The summed E-state index contributed by atoms with van der Waals surface area (Å²) < 4.78 is 57.2. The van der Waals surface area contributed by atoms with E-state index < -0.39 is 21.9 Å². The molecule has 0 atom stereocenters. The number of nitrogens with zero attached hydrogens (tertiary/aromatic N) is 3. The zero-order valence-corrected chi connectivity index (χ0v) is 22.5. The van der Waals surface area contributed by atoms with E-state index in [0.717, 1.165) is 6.20 Å². The molecular formula is C25H23ClFN5O6S. The van der Waals surface area contributed by atoms with Gasteiger partial charge in [-0.1, -0.05) is 22.8 Å². The fourth-order valence-electron chi connectivity index (χ4n) is 3.61. The highest BCUT2D eigenvalue weighted by atomic mass is 35.5. The van der Waals surface area contributed by atoms with Crippen molar-refractivity contribution in [2.24, 2.45) is 0 Å². The lowest BCUT2D eigenvalue weighted by Gasteiger charge is -2.24. The Morgan fingerprint density at radius 1 is 1.15 bits per heavy atom. The number of sulfonamides is 1. The highest BCUT2D eigenvalue weighted by Crippen LogP contribution is 2.42. The van der Waals surface area contributed by atoms with Crippen LogP contribution >= 0.6 is 11.6 Å². The number of pyridine rings is 1. The van der Waals surface area contributed by atoms with Gasteiger partial charge in [0.1, 0.15) is 22.7 Å². The minimum absolute atomic E-state index is 0.0000590. The molecule has 204 valence electrons. The van der Waals surface area contributed by atoms with Crippen LogP contribution in [-0.4, -0.2) is 45.4 Å². The van der Waals surface area contributed by atoms with Crippen molar-refractivity contribution < 1.29 is 31.6 Å². The molecule has 0 radical (unpaired) electrons. The van der Waals surface area contributed by atoms with Crippen molar-refractivity contribution in [3.8, 4) is 22.6 Å². The molecule has 2 heterocycles. The van der Waals surface area contributed by atoms with Crippen molar-refractivity contribution in [2.75, 3.05) is 30.4 Å². The van der Waals surface area contributed by atoms with Crippen molar-refractivity contribution in [2.45, 2.75) is 11.8 Å². The van der Waals surface area contributed by atoms with Crippen molar-refractivity contribution in [3.63, 3.8) is 0 Å². The second-order valence-electron chi connectivity index (χ2n) is 7.81. The second-order valence-corrected chi connectivity index (χ2v) is 9.90. The fraction of sp³-hybridized carbons (Fsp3) is 0.160. The SMILES string of the molecule is CCOc1cc(-c2cc(OC)c(N(C(=O)NC)c3ccc(S(=O)(=O)Nc4ccon4)cn3)cc2Cl)ccc1F. The number of rotatable bonds is 9. The van der Waals surface area contributed by atoms with Gasteiger partial charge in [-0.05, 0) is 48.9 Å². The molecule has 14 heteroatoms. The number of carbonyl (C=O) groups is 1. The standard InChI is InChI=1S/C25H23ClFN5O6S/c1-4-37-21-11-15(5-7-19(21)27)17-12-22(36-3)20(13-18(17)26)32(25(33)28-2)24-8-6-16(14-29-24)39(34,35)31-23-9-10-38-30-23/h5-14H,4H2,1-3H3,(H,28,33)(H,30,31). The Labute approximate surface area is 228 Å². The number of halogens is 2. The van der Waals surface area contributed by atoms with E-state index in [1.54, 1.807) is 19.1 Å². The number of aromatic nitrogens is 2. The Hall–Kier alpha value is -4.36. The molecule has 0 saturated heterocycles. The predicted molar refractivity (Wildman–Crippen MR) is 143 cm³/mol. The Morgan fingerprint density at radius 3 is 2.56 bits per heavy atom. The van der Waals surface area contributed by atoms with E-state index in [1.165, 1.54) is 61.7 Å². The van der Waals surface area contributed by atoms with E-state index in [4.69, 9.17) is 21.1 Å². The van der Waals surface area contributed by atoms with Gasteiger partial charge in [-0.3, -0.25) is 4.72 Å². The van der Waals surface area contributed by atoms with Gasteiger partial charge in [0.2, 0.25) is 0 Å². The Kier molecular flexibility index (Phi) is 8.21. The summed E-state index contributed by atoms with van der Waals surface area (Å²) in [5.74, 6) is -0.124. The molecule has 0 saturated carbocycles. The van der Waals surface area contributed by atoms with Gasteiger partial charge in [0, 0.05) is 24.9 Å². The number of ether oxygens (including phenoxy) is 2. The molecule has 2 aromatic heterocycles. The molecule has 0 bridgehead atoms. The first kappa shape index (κ1) is 27.7. The molecule has 11 nitrogen and oxygen atoms in total. The van der Waals surface area contributed by atoms with Crippen LogP contribution in [-0.2, 0) is 10.0 Å². The van der Waals surface area contributed by atoms with E-state index in [0.29, 0.717) is 11.1 Å². The average molecular weight is 576 g/mol. The van der Waals surface area contributed by atoms with Gasteiger partial charge in [-0.25, -0.2) is 27.5 Å². The molecule has 0 aliphatic rings. The molecule has 39 heavy (non-hydrogen) atoms. The maximum absolute atomic E-state index is 14.1. The summed E-state index contributed by atoms with van der Waals surface area (Å²) in [7, 11) is -1.19. The molecule has 4 aromatic rings.